The summed E-state index contributed by atoms with van der Waals surface area (Å²) < 4.78 is 1.89. The number of nitriles is 2. The van der Waals surface area contributed by atoms with Gasteiger partial charge in [-0.25, -0.2) is 0 Å². The van der Waals surface area contributed by atoms with Crippen LogP contribution >= 0.6 is 33.9 Å². The fraction of sp³-hybridized carbons (Fsp3) is 0. The fourth-order valence-corrected chi connectivity index (χ4v) is 2.76. The van der Waals surface area contributed by atoms with Crippen molar-refractivity contribution in [3.05, 3.63) is 32.2 Å². The second-order valence-electron chi connectivity index (χ2n) is 2.67. The van der Waals surface area contributed by atoms with E-state index in [-0.39, 0.29) is 0 Å². The van der Waals surface area contributed by atoms with Crippen molar-refractivity contribution in [3.8, 4) is 12.1 Å². The van der Waals surface area contributed by atoms with E-state index in [1.807, 2.05) is 12.1 Å². The van der Waals surface area contributed by atoms with Gasteiger partial charge in [0.05, 0.1) is 11.1 Å². The second-order valence-corrected chi connectivity index (χ2v) is 4.74. The predicted molar refractivity (Wildman–Crippen MR) is 64.0 cm³/mol. The Labute approximate surface area is 98.5 Å². The molecular weight excluding hydrogens is 307 g/mol. The van der Waals surface area contributed by atoms with E-state index >= 15 is 0 Å². The molecular formula is C10H3IN2S. The Morgan fingerprint density at radius 1 is 1.21 bits per heavy atom. The van der Waals surface area contributed by atoms with E-state index in [1.54, 1.807) is 5.38 Å². The molecule has 0 spiro atoms. The molecule has 4 heteroatoms. The number of hydrogen-bond donors (Lipinski definition) is 0. The summed E-state index contributed by atoms with van der Waals surface area (Å²) in [7, 11) is 0. The van der Waals surface area contributed by atoms with Gasteiger partial charge in [0.2, 0.25) is 0 Å². The zero-order valence-electron chi connectivity index (χ0n) is 6.91. The second kappa shape index (κ2) is 3.56. The first-order valence-electron chi connectivity index (χ1n) is 3.78. The van der Waals surface area contributed by atoms with E-state index in [1.165, 1.54) is 11.3 Å². The average Bonchev–Trinajstić information content (AvgIpc) is 2.61. The largest absolute Gasteiger partial charge is 0.192 e. The van der Waals surface area contributed by atoms with E-state index in [9.17, 15) is 0 Å². The molecule has 0 radical (unpaired) electrons. The van der Waals surface area contributed by atoms with Gasteiger partial charge in [-0.15, -0.1) is 11.3 Å². The highest BCUT2D eigenvalue weighted by molar-refractivity contribution is 14.1. The lowest BCUT2D eigenvalue weighted by Gasteiger charge is -1.96. The lowest BCUT2D eigenvalue weighted by atomic mass is 10.1. The van der Waals surface area contributed by atoms with Gasteiger partial charge in [-0.2, -0.15) is 10.5 Å². The van der Waals surface area contributed by atoms with E-state index in [0.29, 0.717) is 11.1 Å². The minimum atomic E-state index is 0.597. The molecule has 0 saturated carbocycles. The molecule has 1 aromatic carbocycles. The molecule has 0 bridgehead atoms. The van der Waals surface area contributed by atoms with Crippen LogP contribution in [0.2, 0.25) is 0 Å². The summed E-state index contributed by atoms with van der Waals surface area (Å²) >= 11 is 3.61. The molecule has 0 unspecified atom stereocenters. The van der Waals surface area contributed by atoms with Gasteiger partial charge >= 0.3 is 0 Å². The van der Waals surface area contributed by atoms with Crippen molar-refractivity contribution in [3.63, 3.8) is 0 Å². The van der Waals surface area contributed by atoms with Gasteiger partial charge in [0.25, 0.3) is 0 Å². The van der Waals surface area contributed by atoms with Crippen LogP contribution in [0, 0.1) is 26.2 Å². The highest BCUT2D eigenvalue weighted by atomic mass is 127. The molecule has 0 aliphatic heterocycles. The van der Waals surface area contributed by atoms with Crippen LogP contribution in [0.3, 0.4) is 0 Å². The van der Waals surface area contributed by atoms with Crippen molar-refractivity contribution >= 4 is 44.0 Å². The first kappa shape index (κ1) is 9.45. The van der Waals surface area contributed by atoms with Crippen LogP contribution in [0.5, 0.6) is 0 Å². The standard InChI is InChI=1S/C10H3IN2S/c11-8-1-2-9-10(7(8)4-13)6(3-12)5-14-9/h1-2,5H. The van der Waals surface area contributed by atoms with E-state index < -0.39 is 0 Å². The van der Waals surface area contributed by atoms with Gasteiger partial charge in [0.15, 0.2) is 0 Å². The van der Waals surface area contributed by atoms with Gasteiger partial charge in [0.1, 0.15) is 12.1 Å². The highest BCUT2D eigenvalue weighted by Crippen LogP contribution is 2.30. The van der Waals surface area contributed by atoms with E-state index in [2.05, 4.69) is 34.7 Å². The Hall–Kier alpha value is -1.11. The summed E-state index contributed by atoms with van der Waals surface area (Å²) in [6.07, 6.45) is 0. The summed E-state index contributed by atoms with van der Waals surface area (Å²) in [6.45, 7) is 0. The Bertz CT molecular complexity index is 586. The predicted octanol–water partition coefficient (Wildman–Crippen LogP) is 3.25. The Balaban J connectivity index is 3.00. The molecule has 2 aromatic rings. The lowest BCUT2D eigenvalue weighted by molar-refractivity contribution is 1.48. The number of thiophene rings is 1. The van der Waals surface area contributed by atoms with Gasteiger partial charge in [-0.1, -0.05) is 0 Å². The highest BCUT2D eigenvalue weighted by Gasteiger charge is 2.10. The van der Waals surface area contributed by atoms with Crippen molar-refractivity contribution in [2.24, 2.45) is 0 Å². The fourth-order valence-electron chi connectivity index (χ4n) is 1.30. The van der Waals surface area contributed by atoms with Crippen molar-refractivity contribution in [2.75, 3.05) is 0 Å². The zero-order valence-corrected chi connectivity index (χ0v) is 9.89. The molecule has 1 aromatic heterocycles. The summed E-state index contributed by atoms with van der Waals surface area (Å²) in [4.78, 5) is 0. The molecule has 0 aliphatic rings. The number of rotatable bonds is 0. The first-order valence-corrected chi connectivity index (χ1v) is 5.73. The minimum absolute atomic E-state index is 0.597. The number of benzene rings is 1. The van der Waals surface area contributed by atoms with Crippen molar-refractivity contribution in [1.82, 2.24) is 0 Å². The molecule has 2 rings (SSSR count). The van der Waals surface area contributed by atoms with Crippen LogP contribution in [0.25, 0.3) is 10.1 Å². The molecule has 0 N–H and O–H groups in total. The van der Waals surface area contributed by atoms with Gasteiger partial charge in [0, 0.05) is 19.0 Å². The first-order chi connectivity index (χ1) is 6.77. The lowest BCUT2D eigenvalue weighted by Crippen LogP contribution is -1.83. The molecule has 0 atom stereocenters. The maximum atomic E-state index is 9.00. The van der Waals surface area contributed by atoms with Crippen LogP contribution in [0.15, 0.2) is 17.5 Å². The third kappa shape index (κ3) is 1.28. The number of nitrogens with zero attached hydrogens (tertiary/aromatic N) is 2. The maximum Gasteiger partial charge on any atom is 0.101 e. The van der Waals surface area contributed by atoms with Crippen LogP contribution in [0.4, 0.5) is 0 Å². The zero-order chi connectivity index (χ0) is 10.1. The molecule has 0 aliphatic carbocycles. The monoisotopic (exact) mass is 310 g/mol. The summed E-state index contributed by atoms with van der Waals surface area (Å²) in [6, 6.07) is 8.10. The van der Waals surface area contributed by atoms with Gasteiger partial charge in [-0.05, 0) is 34.7 Å². The van der Waals surface area contributed by atoms with Crippen molar-refractivity contribution in [2.45, 2.75) is 0 Å². The number of hydrogen-bond acceptors (Lipinski definition) is 3. The molecule has 2 nitrogen and oxygen atoms in total. The molecule has 0 amide bonds. The minimum Gasteiger partial charge on any atom is -0.192 e. The quantitative estimate of drug-likeness (QED) is 0.701. The number of fused-ring (bicyclic) bond motifs is 1. The average molecular weight is 310 g/mol. The third-order valence-corrected chi connectivity index (χ3v) is 3.77. The van der Waals surface area contributed by atoms with Crippen molar-refractivity contribution in [1.29, 1.82) is 10.5 Å². The van der Waals surface area contributed by atoms with Crippen LogP contribution in [-0.4, -0.2) is 0 Å². The summed E-state index contributed by atoms with van der Waals surface area (Å²) in [5.74, 6) is 0. The summed E-state index contributed by atoms with van der Waals surface area (Å²) in [5, 5.41) is 20.5. The topological polar surface area (TPSA) is 47.6 Å². The van der Waals surface area contributed by atoms with Crippen LogP contribution in [0.1, 0.15) is 11.1 Å². The Morgan fingerprint density at radius 2 is 2.00 bits per heavy atom. The number of halogens is 1. The molecule has 1 heterocycles. The Morgan fingerprint density at radius 3 is 2.64 bits per heavy atom. The van der Waals surface area contributed by atoms with Gasteiger partial charge in [-0.3, -0.25) is 0 Å². The van der Waals surface area contributed by atoms with Crippen molar-refractivity contribution < 1.29 is 0 Å². The van der Waals surface area contributed by atoms with Crippen LogP contribution in [-0.2, 0) is 0 Å². The normalized spacial score (nSPS) is 9.64. The Kier molecular flexibility index (Phi) is 2.40. The third-order valence-electron chi connectivity index (χ3n) is 1.92. The molecule has 0 fully saturated rings. The molecule has 0 saturated heterocycles. The van der Waals surface area contributed by atoms with Gasteiger partial charge < -0.3 is 0 Å². The van der Waals surface area contributed by atoms with E-state index in [0.717, 1.165) is 13.7 Å². The SMILES string of the molecule is N#Cc1csc2ccc(I)c(C#N)c12. The maximum absolute atomic E-state index is 9.00. The summed E-state index contributed by atoms with van der Waals surface area (Å²) in [5.41, 5.74) is 1.21. The molecule has 66 valence electrons. The van der Waals surface area contributed by atoms with Crippen LogP contribution < -0.4 is 0 Å². The molecule has 14 heavy (non-hydrogen) atoms. The van der Waals surface area contributed by atoms with E-state index in [4.69, 9.17) is 10.5 Å². The smallest absolute Gasteiger partial charge is 0.101 e.